The first-order valence-electron chi connectivity index (χ1n) is 4.32. The average molecular weight is 224 g/mol. The van der Waals surface area contributed by atoms with Crippen LogP contribution in [0.3, 0.4) is 0 Å². The van der Waals surface area contributed by atoms with Crippen LogP contribution in [0.15, 0.2) is 36.5 Å². The van der Waals surface area contributed by atoms with Gasteiger partial charge in [-0.25, -0.2) is 0 Å². The van der Waals surface area contributed by atoms with Crippen molar-refractivity contribution in [3.8, 4) is 0 Å². The first-order valence-corrected chi connectivity index (χ1v) is 4.32. The zero-order valence-corrected chi connectivity index (χ0v) is 8.70. The monoisotopic (exact) mass is 223 g/mol. The van der Waals surface area contributed by atoms with Crippen molar-refractivity contribution >= 4 is 29.3 Å². The predicted octanol–water partition coefficient (Wildman–Crippen LogP) is 2.28. The molecule has 0 spiro atoms. The normalized spacial score (nSPS) is 9.60. The van der Waals surface area contributed by atoms with Gasteiger partial charge < -0.3 is 5.11 Å². The summed E-state index contributed by atoms with van der Waals surface area (Å²) in [4.78, 5) is 14.7. The van der Waals surface area contributed by atoms with Crippen molar-refractivity contribution in [2.75, 3.05) is 0 Å². The van der Waals surface area contributed by atoms with Crippen molar-refractivity contribution in [2.45, 2.75) is 6.42 Å². The van der Waals surface area contributed by atoms with Crippen molar-refractivity contribution in [3.63, 3.8) is 0 Å². The third kappa shape index (κ3) is 2.44. The van der Waals surface area contributed by atoms with E-state index in [2.05, 4.69) is 4.98 Å². The van der Waals surface area contributed by atoms with Gasteiger partial charge in [-0.15, -0.1) is 12.4 Å². The summed E-state index contributed by atoms with van der Waals surface area (Å²) in [7, 11) is 0. The first-order chi connectivity index (χ1) is 6.77. The molecule has 4 heteroatoms. The molecule has 0 saturated heterocycles. The lowest BCUT2D eigenvalue weighted by atomic mass is 10.1. The summed E-state index contributed by atoms with van der Waals surface area (Å²) in [6, 6.07) is 9.28. The molecule has 1 aromatic heterocycles. The van der Waals surface area contributed by atoms with Crippen LogP contribution in [0.4, 0.5) is 0 Å². The molecule has 0 aliphatic rings. The summed E-state index contributed by atoms with van der Waals surface area (Å²) < 4.78 is 0. The summed E-state index contributed by atoms with van der Waals surface area (Å²) in [6.45, 7) is 0. The van der Waals surface area contributed by atoms with Gasteiger partial charge in [0.25, 0.3) is 0 Å². The van der Waals surface area contributed by atoms with Gasteiger partial charge in [0.15, 0.2) is 0 Å². The van der Waals surface area contributed by atoms with E-state index < -0.39 is 5.97 Å². The molecule has 0 aliphatic carbocycles. The molecule has 0 aliphatic heterocycles. The number of carbonyl (C=O) groups is 1. The largest absolute Gasteiger partial charge is 0.481 e. The van der Waals surface area contributed by atoms with Crippen molar-refractivity contribution < 1.29 is 9.90 Å². The summed E-state index contributed by atoms with van der Waals surface area (Å²) >= 11 is 0. The maximum atomic E-state index is 10.6. The van der Waals surface area contributed by atoms with E-state index in [4.69, 9.17) is 5.11 Å². The summed E-state index contributed by atoms with van der Waals surface area (Å²) in [5, 5.41) is 9.62. The Morgan fingerprint density at radius 2 is 2.00 bits per heavy atom. The van der Waals surface area contributed by atoms with E-state index in [1.54, 1.807) is 12.3 Å². The van der Waals surface area contributed by atoms with Gasteiger partial charge in [0.1, 0.15) is 0 Å². The predicted molar refractivity (Wildman–Crippen MR) is 60.3 cm³/mol. The molecule has 0 fully saturated rings. The second-order valence-electron chi connectivity index (χ2n) is 3.06. The van der Waals surface area contributed by atoms with Crippen LogP contribution in [0.2, 0.25) is 0 Å². The summed E-state index contributed by atoms with van der Waals surface area (Å²) in [5.41, 5.74) is 1.65. The van der Waals surface area contributed by atoms with Crippen molar-refractivity contribution in [1.29, 1.82) is 0 Å². The van der Waals surface area contributed by atoms with Gasteiger partial charge in [-0.05, 0) is 17.7 Å². The van der Waals surface area contributed by atoms with Gasteiger partial charge in [-0.1, -0.05) is 18.2 Å². The Balaban J connectivity index is 0.00000112. The number of aromatic nitrogens is 1. The van der Waals surface area contributed by atoms with Crippen molar-refractivity contribution in [1.82, 2.24) is 4.98 Å². The molecule has 0 bridgehead atoms. The molecule has 78 valence electrons. The lowest BCUT2D eigenvalue weighted by Crippen LogP contribution is -2.00. The number of hydrogen-bond acceptors (Lipinski definition) is 2. The minimum Gasteiger partial charge on any atom is -0.481 e. The highest BCUT2D eigenvalue weighted by atomic mass is 35.5. The summed E-state index contributed by atoms with van der Waals surface area (Å²) in [5.74, 6) is -0.818. The van der Waals surface area contributed by atoms with Crippen molar-refractivity contribution in [2.24, 2.45) is 0 Å². The van der Waals surface area contributed by atoms with Crippen LogP contribution in [0.25, 0.3) is 10.9 Å². The average Bonchev–Trinajstić information content (AvgIpc) is 2.18. The van der Waals surface area contributed by atoms with Gasteiger partial charge in [-0.3, -0.25) is 9.78 Å². The smallest absolute Gasteiger partial charge is 0.307 e. The van der Waals surface area contributed by atoms with Gasteiger partial charge >= 0.3 is 5.97 Å². The van der Waals surface area contributed by atoms with Crippen LogP contribution >= 0.6 is 12.4 Å². The zero-order chi connectivity index (χ0) is 9.97. The first kappa shape index (κ1) is 11.5. The number of aliphatic carboxylic acids is 1. The molecule has 0 unspecified atom stereocenters. The second kappa shape index (κ2) is 4.75. The van der Waals surface area contributed by atoms with Crippen LogP contribution in [0.1, 0.15) is 5.56 Å². The van der Waals surface area contributed by atoms with E-state index in [1.165, 1.54) is 0 Å². The van der Waals surface area contributed by atoms with Crippen LogP contribution in [0.5, 0.6) is 0 Å². The number of carboxylic acid groups (broad SMARTS) is 1. The van der Waals surface area contributed by atoms with E-state index in [9.17, 15) is 4.79 Å². The zero-order valence-electron chi connectivity index (χ0n) is 7.88. The fourth-order valence-electron chi connectivity index (χ4n) is 1.47. The lowest BCUT2D eigenvalue weighted by Gasteiger charge is -2.02. The van der Waals surface area contributed by atoms with Gasteiger partial charge in [0.05, 0.1) is 11.9 Å². The fourth-order valence-corrected chi connectivity index (χ4v) is 1.47. The third-order valence-corrected chi connectivity index (χ3v) is 2.08. The second-order valence-corrected chi connectivity index (χ2v) is 3.06. The van der Waals surface area contributed by atoms with Gasteiger partial charge in [-0.2, -0.15) is 0 Å². The highest BCUT2D eigenvalue weighted by Crippen LogP contribution is 2.16. The van der Waals surface area contributed by atoms with E-state index in [0.717, 1.165) is 16.5 Å². The Kier molecular flexibility index (Phi) is 3.63. The molecule has 0 saturated carbocycles. The Morgan fingerprint density at radius 1 is 1.27 bits per heavy atom. The lowest BCUT2D eigenvalue weighted by molar-refractivity contribution is -0.136. The van der Waals surface area contributed by atoms with Gasteiger partial charge in [0.2, 0.25) is 0 Å². The molecule has 15 heavy (non-hydrogen) atoms. The van der Waals surface area contributed by atoms with E-state index in [-0.39, 0.29) is 18.8 Å². The van der Waals surface area contributed by atoms with E-state index >= 15 is 0 Å². The molecular formula is C11H10ClNO2. The molecule has 2 aromatic rings. The Morgan fingerprint density at radius 3 is 2.73 bits per heavy atom. The molecule has 1 aromatic carbocycles. The Labute approximate surface area is 93.2 Å². The number of benzene rings is 1. The third-order valence-electron chi connectivity index (χ3n) is 2.08. The molecule has 1 heterocycles. The summed E-state index contributed by atoms with van der Waals surface area (Å²) in [6.07, 6.45) is 1.68. The van der Waals surface area contributed by atoms with Gasteiger partial charge in [0, 0.05) is 11.6 Å². The van der Waals surface area contributed by atoms with Crippen LogP contribution < -0.4 is 0 Å². The minimum atomic E-state index is -0.818. The van der Waals surface area contributed by atoms with Crippen LogP contribution in [-0.2, 0) is 11.2 Å². The molecule has 3 nitrogen and oxygen atoms in total. The molecular weight excluding hydrogens is 214 g/mol. The molecule has 0 amide bonds. The maximum absolute atomic E-state index is 10.6. The highest BCUT2D eigenvalue weighted by molar-refractivity contribution is 5.86. The Bertz CT molecular complexity index is 479. The highest BCUT2D eigenvalue weighted by Gasteiger charge is 2.04. The minimum absolute atomic E-state index is 0. The van der Waals surface area contributed by atoms with Crippen LogP contribution in [0, 0.1) is 0 Å². The molecule has 0 radical (unpaired) electrons. The fraction of sp³-hybridized carbons (Fsp3) is 0.0909. The molecule has 0 atom stereocenters. The molecule has 1 N–H and O–H groups in total. The number of fused-ring (bicyclic) bond motifs is 1. The number of carboxylic acids is 1. The molecule has 2 rings (SSSR count). The quantitative estimate of drug-likeness (QED) is 0.850. The number of para-hydroxylation sites is 1. The standard InChI is InChI=1S/C11H9NO2.ClH/c13-11(14)7-8-5-6-12-10-4-2-1-3-9(8)10;/h1-6H,7H2,(H,13,14);1H. The SMILES string of the molecule is Cl.O=C(O)Cc1ccnc2ccccc12. The number of hydrogen-bond donors (Lipinski definition) is 1. The number of rotatable bonds is 2. The number of pyridine rings is 1. The number of halogens is 1. The van der Waals surface area contributed by atoms with Crippen molar-refractivity contribution in [3.05, 3.63) is 42.1 Å². The van der Waals surface area contributed by atoms with E-state index in [1.807, 2.05) is 24.3 Å². The van der Waals surface area contributed by atoms with Crippen LogP contribution in [-0.4, -0.2) is 16.1 Å². The topological polar surface area (TPSA) is 50.2 Å². The Hall–Kier alpha value is -1.61. The van der Waals surface area contributed by atoms with E-state index in [0.29, 0.717) is 0 Å². The number of nitrogens with zero attached hydrogens (tertiary/aromatic N) is 1. The maximum Gasteiger partial charge on any atom is 0.307 e.